The quantitative estimate of drug-likeness (QED) is 0.567. The Morgan fingerprint density at radius 2 is 2.16 bits per heavy atom. The first-order valence-electron chi connectivity index (χ1n) is 5.48. The van der Waals surface area contributed by atoms with Crippen LogP contribution in [-0.2, 0) is 4.74 Å². The third kappa shape index (κ3) is 2.85. The van der Waals surface area contributed by atoms with Crippen molar-refractivity contribution < 1.29 is 14.5 Å². The molecule has 1 fully saturated rings. The van der Waals surface area contributed by atoms with Crippen LogP contribution >= 0.6 is 0 Å². The summed E-state index contributed by atoms with van der Waals surface area (Å²) in [6.07, 6.45) is 1.14. The second-order valence-electron chi connectivity index (χ2n) is 3.74. The van der Waals surface area contributed by atoms with Crippen molar-refractivity contribution in [3.05, 3.63) is 16.4 Å². The summed E-state index contributed by atoms with van der Waals surface area (Å²) in [5, 5.41) is 13.3. The van der Waals surface area contributed by atoms with Crippen LogP contribution in [0.15, 0.2) is 6.33 Å². The molecule has 3 N–H and O–H groups in total. The summed E-state index contributed by atoms with van der Waals surface area (Å²) in [5.41, 5.74) is 4.58. The SMILES string of the molecule is NC(=O)Nc1ncnc(N2CCOCC2)c1[N+](=O)[O-]. The van der Waals surface area contributed by atoms with E-state index in [0.717, 1.165) is 6.33 Å². The third-order valence-electron chi connectivity index (χ3n) is 2.54. The molecule has 1 aliphatic heterocycles. The smallest absolute Gasteiger partial charge is 0.353 e. The fourth-order valence-corrected chi connectivity index (χ4v) is 1.75. The number of nitrogens with two attached hydrogens (primary N) is 1. The molecule has 1 saturated heterocycles. The number of anilines is 2. The number of carbonyl (C=O) groups excluding carboxylic acids is 1. The Bertz CT molecular complexity index is 501. The number of carbonyl (C=O) groups is 1. The summed E-state index contributed by atoms with van der Waals surface area (Å²) >= 11 is 0. The molecule has 0 saturated carbocycles. The number of nitrogens with one attached hydrogen (secondary N) is 1. The minimum atomic E-state index is -0.922. The normalized spacial score (nSPS) is 15.1. The van der Waals surface area contributed by atoms with Gasteiger partial charge in [-0.15, -0.1) is 0 Å². The number of aromatic nitrogens is 2. The predicted octanol–water partition coefficient (Wildman–Crippen LogP) is -0.288. The molecule has 0 bridgehead atoms. The van der Waals surface area contributed by atoms with Gasteiger partial charge in [0.05, 0.1) is 18.1 Å². The van der Waals surface area contributed by atoms with Crippen molar-refractivity contribution in [2.24, 2.45) is 5.73 Å². The highest BCUT2D eigenvalue weighted by Gasteiger charge is 2.28. The van der Waals surface area contributed by atoms with Crippen molar-refractivity contribution in [1.29, 1.82) is 0 Å². The van der Waals surface area contributed by atoms with Crippen molar-refractivity contribution in [1.82, 2.24) is 9.97 Å². The lowest BCUT2D eigenvalue weighted by Crippen LogP contribution is -2.37. The van der Waals surface area contributed by atoms with Gasteiger partial charge in [-0.1, -0.05) is 0 Å². The highest BCUT2D eigenvalue weighted by atomic mass is 16.6. The molecule has 0 unspecified atom stereocenters. The molecule has 10 heteroatoms. The van der Waals surface area contributed by atoms with Crippen LogP contribution in [0.4, 0.5) is 22.1 Å². The van der Waals surface area contributed by atoms with Gasteiger partial charge in [0.1, 0.15) is 6.33 Å². The largest absolute Gasteiger partial charge is 0.378 e. The summed E-state index contributed by atoms with van der Waals surface area (Å²) in [4.78, 5) is 30.6. The fraction of sp³-hybridized carbons (Fsp3) is 0.444. The summed E-state index contributed by atoms with van der Waals surface area (Å²) in [5.74, 6) is -0.0685. The number of nitro groups is 1. The van der Waals surface area contributed by atoms with Crippen LogP contribution in [0, 0.1) is 10.1 Å². The zero-order valence-electron chi connectivity index (χ0n) is 9.90. The van der Waals surface area contributed by atoms with E-state index in [1.54, 1.807) is 4.90 Å². The Labute approximate surface area is 107 Å². The number of amides is 2. The standard InChI is InChI=1S/C9H12N6O4/c10-9(16)13-7-6(15(17)18)8(12-5-11-7)14-1-3-19-4-2-14/h5H,1-4H2,(H3,10,11,12,13,16). The van der Waals surface area contributed by atoms with E-state index in [9.17, 15) is 14.9 Å². The minimum Gasteiger partial charge on any atom is -0.378 e. The van der Waals surface area contributed by atoms with E-state index in [0.29, 0.717) is 26.3 Å². The van der Waals surface area contributed by atoms with Gasteiger partial charge >= 0.3 is 11.7 Å². The summed E-state index contributed by atoms with van der Waals surface area (Å²) in [6.45, 7) is 1.88. The van der Waals surface area contributed by atoms with Crippen LogP contribution in [-0.4, -0.2) is 47.2 Å². The van der Waals surface area contributed by atoms with E-state index >= 15 is 0 Å². The Hall–Kier alpha value is -2.49. The number of primary amides is 1. The molecule has 1 aromatic rings. The van der Waals surface area contributed by atoms with Crippen LogP contribution in [0.1, 0.15) is 0 Å². The van der Waals surface area contributed by atoms with Crippen molar-refractivity contribution in [3.8, 4) is 0 Å². The maximum absolute atomic E-state index is 11.1. The van der Waals surface area contributed by atoms with E-state index in [-0.39, 0.29) is 17.3 Å². The average Bonchev–Trinajstić information content (AvgIpc) is 2.38. The van der Waals surface area contributed by atoms with Crippen LogP contribution in [0.25, 0.3) is 0 Å². The molecule has 2 amide bonds. The van der Waals surface area contributed by atoms with Gasteiger partial charge in [-0.05, 0) is 0 Å². The second kappa shape index (κ2) is 5.44. The molecule has 0 aromatic carbocycles. The molecule has 19 heavy (non-hydrogen) atoms. The molecule has 0 spiro atoms. The van der Waals surface area contributed by atoms with Crippen LogP contribution in [0.5, 0.6) is 0 Å². The van der Waals surface area contributed by atoms with Gasteiger partial charge in [-0.2, -0.15) is 0 Å². The van der Waals surface area contributed by atoms with Crippen molar-refractivity contribution in [2.45, 2.75) is 0 Å². The molecular formula is C9H12N6O4. The Balaban J connectivity index is 2.41. The minimum absolute atomic E-state index is 0.145. The maximum atomic E-state index is 11.1. The predicted molar refractivity (Wildman–Crippen MR) is 64.9 cm³/mol. The average molecular weight is 268 g/mol. The van der Waals surface area contributed by atoms with Gasteiger partial charge in [-0.3, -0.25) is 15.4 Å². The monoisotopic (exact) mass is 268 g/mol. The van der Waals surface area contributed by atoms with E-state index in [1.807, 2.05) is 0 Å². The van der Waals surface area contributed by atoms with Crippen LogP contribution in [0.2, 0.25) is 0 Å². The van der Waals surface area contributed by atoms with E-state index in [4.69, 9.17) is 10.5 Å². The summed E-state index contributed by atoms with van der Waals surface area (Å²) in [7, 11) is 0. The molecule has 2 rings (SSSR count). The summed E-state index contributed by atoms with van der Waals surface area (Å²) < 4.78 is 5.17. The first-order chi connectivity index (χ1) is 9.09. The van der Waals surface area contributed by atoms with Gasteiger partial charge in [0, 0.05) is 13.1 Å². The molecule has 102 valence electrons. The number of rotatable bonds is 3. The highest BCUT2D eigenvalue weighted by molar-refractivity contribution is 5.90. The van der Waals surface area contributed by atoms with Crippen molar-refractivity contribution >= 4 is 23.4 Å². The first-order valence-corrected chi connectivity index (χ1v) is 5.48. The topological polar surface area (TPSA) is 137 Å². The maximum Gasteiger partial charge on any atom is 0.353 e. The van der Waals surface area contributed by atoms with Gasteiger partial charge in [-0.25, -0.2) is 14.8 Å². The third-order valence-corrected chi connectivity index (χ3v) is 2.54. The van der Waals surface area contributed by atoms with Gasteiger partial charge < -0.3 is 15.4 Å². The molecule has 0 radical (unpaired) electrons. The lowest BCUT2D eigenvalue weighted by atomic mass is 10.3. The van der Waals surface area contributed by atoms with Gasteiger partial charge in [0.15, 0.2) is 0 Å². The Kier molecular flexibility index (Phi) is 3.71. The first kappa shape index (κ1) is 13.0. The van der Waals surface area contributed by atoms with E-state index in [1.165, 1.54) is 0 Å². The lowest BCUT2D eigenvalue weighted by Gasteiger charge is -2.27. The van der Waals surface area contributed by atoms with Gasteiger partial charge in [0.25, 0.3) is 0 Å². The van der Waals surface area contributed by atoms with Gasteiger partial charge in [0.2, 0.25) is 11.6 Å². The number of morpholine rings is 1. The Morgan fingerprint density at radius 3 is 2.74 bits per heavy atom. The fourth-order valence-electron chi connectivity index (χ4n) is 1.75. The van der Waals surface area contributed by atoms with E-state index in [2.05, 4.69) is 15.3 Å². The second-order valence-corrected chi connectivity index (χ2v) is 3.74. The lowest BCUT2D eigenvalue weighted by molar-refractivity contribution is -0.383. The highest BCUT2D eigenvalue weighted by Crippen LogP contribution is 2.31. The van der Waals surface area contributed by atoms with Crippen molar-refractivity contribution in [3.63, 3.8) is 0 Å². The van der Waals surface area contributed by atoms with Crippen molar-refractivity contribution in [2.75, 3.05) is 36.5 Å². The molecule has 0 atom stereocenters. The molecule has 1 aliphatic rings. The molecular weight excluding hydrogens is 256 g/mol. The molecule has 2 heterocycles. The number of hydrogen-bond acceptors (Lipinski definition) is 7. The number of nitrogens with zero attached hydrogens (tertiary/aromatic N) is 4. The zero-order valence-corrected chi connectivity index (χ0v) is 9.90. The summed E-state index contributed by atoms with van der Waals surface area (Å²) in [6, 6.07) is -0.922. The van der Waals surface area contributed by atoms with E-state index < -0.39 is 11.0 Å². The number of hydrogen-bond donors (Lipinski definition) is 2. The Morgan fingerprint density at radius 1 is 1.47 bits per heavy atom. The molecule has 1 aromatic heterocycles. The van der Waals surface area contributed by atoms with Crippen LogP contribution < -0.4 is 16.0 Å². The van der Waals surface area contributed by atoms with Crippen LogP contribution in [0.3, 0.4) is 0 Å². The molecule has 10 nitrogen and oxygen atoms in total. The zero-order chi connectivity index (χ0) is 13.8. The number of urea groups is 1. The number of ether oxygens (including phenoxy) is 1. The molecule has 0 aliphatic carbocycles.